The second-order valence-corrected chi connectivity index (χ2v) is 5.82. The maximum Gasteiger partial charge on any atom is 0.405 e. The lowest BCUT2D eigenvalue weighted by Gasteiger charge is -2.16. The van der Waals surface area contributed by atoms with Gasteiger partial charge in [-0.25, -0.2) is 0 Å². The van der Waals surface area contributed by atoms with Gasteiger partial charge in [-0.05, 0) is 48.9 Å². The molecule has 0 aromatic heterocycles. The highest BCUT2D eigenvalue weighted by molar-refractivity contribution is 5.84. The molecule has 2 N–H and O–H groups in total. The van der Waals surface area contributed by atoms with Gasteiger partial charge in [0, 0.05) is 5.69 Å². The van der Waals surface area contributed by atoms with E-state index in [1.807, 2.05) is 11.4 Å². The molecule has 27 heavy (non-hydrogen) atoms. The Morgan fingerprint density at radius 2 is 1.93 bits per heavy atom. The van der Waals surface area contributed by atoms with E-state index >= 15 is 0 Å². The van der Waals surface area contributed by atoms with Gasteiger partial charge in [-0.1, -0.05) is 12.1 Å². The molecule has 0 aliphatic heterocycles. The molecular formula is C19H18F3N3O2. The van der Waals surface area contributed by atoms with Crippen LogP contribution in [0.15, 0.2) is 48.5 Å². The summed E-state index contributed by atoms with van der Waals surface area (Å²) < 4.78 is 42.0. The molecule has 2 aromatic rings. The Labute approximate surface area is 154 Å². The number of nitrogens with zero attached hydrogens (tertiary/aromatic N) is 1. The lowest BCUT2D eigenvalue weighted by molar-refractivity contribution is -0.138. The second kappa shape index (κ2) is 8.94. The fraction of sp³-hybridized carbons (Fsp3) is 0.263. The number of ether oxygens (including phenoxy) is 1. The van der Waals surface area contributed by atoms with Crippen LogP contribution in [0.1, 0.15) is 18.1 Å². The highest BCUT2D eigenvalue weighted by Crippen LogP contribution is 2.18. The first-order valence-electron chi connectivity index (χ1n) is 8.10. The summed E-state index contributed by atoms with van der Waals surface area (Å²) in [5, 5.41) is 13.5. The van der Waals surface area contributed by atoms with E-state index in [9.17, 15) is 18.0 Å². The zero-order valence-electron chi connectivity index (χ0n) is 14.5. The number of benzene rings is 2. The number of nitrogens with one attached hydrogen (secondary N) is 2. The van der Waals surface area contributed by atoms with E-state index in [0.29, 0.717) is 23.6 Å². The minimum Gasteiger partial charge on any atom is -0.489 e. The van der Waals surface area contributed by atoms with E-state index < -0.39 is 24.7 Å². The fourth-order valence-electron chi connectivity index (χ4n) is 2.20. The Bertz CT molecular complexity index is 814. The number of anilines is 1. The van der Waals surface area contributed by atoms with Crippen LogP contribution in [-0.2, 0) is 11.4 Å². The van der Waals surface area contributed by atoms with Crippen molar-refractivity contribution in [2.24, 2.45) is 0 Å². The largest absolute Gasteiger partial charge is 0.489 e. The number of halogens is 3. The zero-order chi connectivity index (χ0) is 19.9. The molecule has 0 heterocycles. The Morgan fingerprint density at radius 3 is 2.56 bits per heavy atom. The van der Waals surface area contributed by atoms with Gasteiger partial charge in [0.25, 0.3) is 0 Å². The number of hydrogen-bond acceptors (Lipinski definition) is 4. The zero-order valence-corrected chi connectivity index (χ0v) is 14.5. The van der Waals surface area contributed by atoms with Crippen LogP contribution in [0.5, 0.6) is 5.75 Å². The van der Waals surface area contributed by atoms with Gasteiger partial charge in [0.1, 0.15) is 24.9 Å². The van der Waals surface area contributed by atoms with E-state index in [0.717, 1.165) is 5.56 Å². The number of alkyl halides is 3. The summed E-state index contributed by atoms with van der Waals surface area (Å²) in [4.78, 5) is 11.7. The molecule has 0 saturated carbocycles. The molecule has 0 spiro atoms. The van der Waals surface area contributed by atoms with Crippen molar-refractivity contribution in [3.63, 3.8) is 0 Å². The molecule has 8 heteroatoms. The summed E-state index contributed by atoms with van der Waals surface area (Å²) >= 11 is 0. The molecule has 0 aliphatic carbocycles. The lowest BCUT2D eigenvalue weighted by atomic mass is 10.1. The normalized spacial score (nSPS) is 12.0. The molecule has 1 unspecified atom stereocenters. The van der Waals surface area contributed by atoms with Crippen LogP contribution >= 0.6 is 0 Å². The molecule has 0 saturated heterocycles. The molecule has 2 aromatic carbocycles. The van der Waals surface area contributed by atoms with Crippen LogP contribution in [0.4, 0.5) is 18.9 Å². The maximum atomic E-state index is 12.1. The predicted octanol–water partition coefficient (Wildman–Crippen LogP) is 3.62. The van der Waals surface area contributed by atoms with Gasteiger partial charge in [-0.15, -0.1) is 0 Å². The number of rotatable bonds is 7. The monoisotopic (exact) mass is 377 g/mol. The van der Waals surface area contributed by atoms with Gasteiger partial charge in [0.2, 0.25) is 5.91 Å². The van der Waals surface area contributed by atoms with Gasteiger partial charge in [0.05, 0.1) is 11.6 Å². The van der Waals surface area contributed by atoms with Crippen molar-refractivity contribution in [1.82, 2.24) is 5.32 Å². The SMILES string of the molecule is CC(Nc1ccc(OCc2cccc(C#N)c2)cc1)C(=O)NCC(F)(F)F. The summed E-state index contributed by atoms with van der Waals surface area (Å²) in [5.41, 5.74) is 1.98. The van der Waals surface area contributed by atoms with Crippen LogP contribution in [0.25, 0.3) is 0 Å². The highest BCUT2D eigenvalue weighted by Gasteiger charge is 2.28. The second-order valence-electron chi connectivity index (χ2n) is 5.82. The first-order valence-corrected chi connectivity index (χ1v) is 8.10. The molecule has 0 radical (unpaired) electrons. The number of carbonyl (C=O) groups excluding carboxylic acids is 1. The standard InChI is InChI=1S/C19H18F3N3O2/c1-13(18(26)24-12-19(20,21)22)25-16-5-7-17(8-6-16)27-11-15-4-2-3-14(9-15)10-23/h2-9,13,25H,11-12H2,1H3,(H,24,26). The van der Waals surface area contributed by atoms with Crippen molar-refractivity contribution in [3.8, 4) is 11.8 Å². The van der Waals surface area contributed by atoms with Crippen LogP contribution in [-0.4, -0.2) is 24.7 Å². The van der Waals surface area contributed by atoms with Crippen LogP contribution < -0.4 is 15.4 Å². The maximum absolute atomic E-state index is 12.1. The number of carbonyl (C=O) groups is 1. The van der Waals surface area contributed by atoms with E-state index in [1.165, 1.54) is 6.92 Å². The summed E-state index contributed by atoms with van der Waals surface area (Å²) in [6.07, 6.45) is -4.44. The number of hydrogen-bond donors (Lipinski definition) is 2. The third-order valence-corrected chi connectivity index (χ3v) is 3.56. The highest BCUT2D eigenvalue weighted by atomic mass is 19.4. The topological polar surface area (TPSA) is 74.1 Å². The van der Waals surface area contributed by atoms with Gasteiger partial charge < -0.3 is 15.4 Å². The van der Waals surface area contributed by atoms with Crippen molar-refractivity contribution in [2.75, 3.05) is 11.9 Å². The molecule has 2 rings (SSSR count). The summed E-state index contributed by atoms with van der Waals surface area (Å²) in [6.45, 7) is 0.397. The van der Waals surface area contributed by atoms with Crippen molar-refractivity contribution in [1.29, 1.82) is 5.26 Å². The first-order chi connectivity index (χ1) is 12.8. The van der Waals surface area contributed by atoms with Gasteiger partial charge >= 0.3 is 6.18 Å². The Hall–Kier alpha value is -3.21. The minimum absolute atomic E-state index is 0.290. The van der Waals surface area contributed by atoms with Crippen molar-refractivity contribution in [3.05, 3.63) is 59.7 Å². The van der Waals surface area contributed by atoms with Crippen LogP contribution in [0.2, 0.25) is 0 Å². The van der Waals surface area contributed by atoms with E-state index in [-0.39, 0.29) is 0 Å². The molecular weight excluding hydrogens is 359 g/mol. The smallest absolute Gasteiger partial charge is 0.405 e. The van der Waals surface area contributed by atoms with Crippen molar-refractivity contribution in [2.45, 2.75) is 25.7 Å². The molecule has 0 aliphatic rings. The van der Waals surface area contributed by atoms with E-state index in [1.54, 1.807) is 42.5 Å². The molecule has 0 bridgehead atoms. The third-order valence-electron chi connectivity index (χ3n) is 3.56. The molecule has 5 nitrogen and oxygen atoms in total. The van der Waals surface area contributed by atoms with E-state index in [2.05, 4.69) is 11.4 Å². The van der Waals surface area contributed by atoms with Crippen molar-refractivity contribution >= 4 is 11.6 Å². The first kappa shape index (κ1) is 20.1. The molecule has 142 valence electrons. The number of amides is 1. The summed E-state index contributed by atoms with van der Waals surface area (Å²) in [5.74, 6) is -0.165. The van der Waals surface area contributed by atoms with Gasteiger partial charge in [-0.3, -0.25) is 4.79 Å². The third kappa shape index (κ3) is 6.90. The van der Waals surface area contributed by atoms with Crippen LogP contribution in [0.3, 0.4) is 0 Å². The quantitative estimate of drug-likeness (QED) is 0.773. The van der Waals surface area contributed by atoms with Gasteiger partial charge in [-0.2, -0.15) is 18.4 Å². The predicted molar refractivity (Wildman–Crippen MR) is 94.1 cm³/mol. The molecule has 0 fully saturated rings. The summed E-state index contributed by atoms with van der Waals surface area (Å²) in [7, 11) is 0. The lowest BCUT2D eigenvalue weighted by Crippen LogP contribution is -2.42. The molecule has 1 amide bonds. The van der Waals surface area contributed by atoms with Crippen LogP contribution in [0, 0.1) is 11.3 Å². The molecule has 1 atom stereocenters. The Balaban J connectivity index is 1.85. The average molecular weight is 377 g/mol. The number of nitriles is 1. The fourth-order valence-corrected chi connectivity index (χ4v) is 2.20. The average Bonchev–Trinajstić information content (AvgIpc) is 2.65. The van der Waals surface area contributed by atoms with Crippen molar-refractivity contribution < 1.29 is 22.7 Å². The van der Waals surface area contributed by atoms with Gasteiger partial charge in [0.15, 0.2) is 0 Å². The summed E-state index contributed by atoms with van der Waals surface area (Å²) in [6, 6.07) is 15.0. The Morgan fingerprint density at radius 1 is 1.22 bits per heavy atom. The minimum atomic E-state index is -4.44. The Kier molecular flexibility index (Phi) is 6.66. The van der Waals surface area contributed by atoms with E-state index in [4.69, 9.17) is 10.00 Å².